The average Bonchev–Trinajstić information content (AvgIpc) is 2.76. The molecule has 3 nitrogen and oxygen atoms in total. The van der Waals surface area contributed by atoms with Gasteiger partial charge in [-0.25, -0.2) is 0 Å². The van der Waals surface area contributed by atoms with Crippen molar-refractivity contribution < 1.29 is 0 Å². The topological polar surface area (TPSA) is 30.7 Å². The van der Waals surface area contributed by atoms with Crippen LogP contribution in [0.25, 0.3) is 0 Å². The van der Waals surface area contributed by atoms with Crippen molar-refractivity contribution in [1.29, 1.82) is 0 Å². The molecule has 0 atom stereocenters. The second-order valence-corrected chi connectivity index (χ2v) is 5.34. The first-order valence-corrected chi connectivity index (χ1v) is 6.80. The molecule has 1 heterocycles. The molecule has 17 heavy (non-hydrogen) atoms. The monoisotopic (exact) mass is 267 g/mol. The van der Waals surface area contributed by atoms with Crippen molar-refractivity contribution in [1.82, 2.24) is 14.8 Å². The summed E-state index contributed by atoms with van der Waals surface area (Å²) in [5, 5.41) is 9.78. The minimum atomic E-state index is 0.374. The maximum atomic E-state index is 6.11. The zero-order valence-electron chi connectivity index (χ0n) is 9.80. The van der Waals surface area contributed by atoms with Crippen LogP contribution >= 0.6 is 23.4 Å². The van der Waals surface area contributed by atoms with E-state index in [-0.39, 0.29) is 0 Å². The zero-order valence-corrected chi connectivity index (χ0v) is 11.4. The maximum absolute atomic E-state index is 6.11. The molecular weight excluding hydrogens is 254 g/mol. The molecule has 0 aliphatic carbocycles. The third-order valence-electron chi connectivity index (χ3n) is 2.41. The van der Waals surface area contributed by atoms with Crippen molar-refractivity contribution >= 4 is 23.4 Å². The van der Waals surface area contributed by atoms with Crippen LogP contribution in [0.1, 0.15) is 25.5 Å². The van der Waals surface area contributed by atoms with E-state index in [2.05, 4.69) is 28.6 Å². The summed E-state index contributed by atoms with van der Waals surface area (Å²) in [6.45, 7) is 4.23. The quantitative estimate of drug-likeness (QED) is 0.790. The summed E-state index contributed by atoms with van der Waals surface area (Å²) in [5.41, 5.74) is 1.12. The summed E-state index contributed by atoms with van der Waals surface area (Å²) < 4.78 is 2.06. The van der Waals surface area contributed by atoms with E-state index < -0.39 is 0 Å². The molecule has 0 saturated carbocycles. The first kappa shape index (κ1) is 12.5. The van der Waals surface area contributed by atoms with E-state index in [1.54, 1.807) is 18.1 Å². The number of benzene rings is 1. The first-order chi connectivity index (χ1) is 8.18. The van der Waals surface area contributed by atoms with E-state index in [9.17, 15) is 0 Å². The van der Waals surface area contributed by atoms with Gasteiger partial charge in [0.15, 0.2) is 5.16 Å². The molecule has 0 radical (unpaired) electrons. The highest BCUT2D eigenvalue weighted by molar-refractivity contribution is 7.98. The summed E-state index contributed by atoms with van der Waals surface area (Å²) in [6.07, 6.45) is 1.76. The van der Waals surface area contributed by atoms with Crippen LogP contribution in [0.15, 0.2) is 35.7 Å². The SMILES string of the molecule is CC(C)n1cnnc1SCc1ccccc1Cl. The molecule has 2 aromatic rings. The van der Waals surface area contributed by atoms with Gasteiger partial charge in [0.05, 0.1) is 0 Å². The van der Waals surface area contributed by atoms with E-state index >= 15 is 0 Å². The predicted octanol–water partition coefficient (Wildman–Crippen LogP) is 3.80. The Labute approximate surface area is 110 Å². The third-order valence-corrected chi connectivity index (χ3v) is 3.79. The number of hydrogen-bond acceptors (Lipinski definition) is 3. The fraction of sp³-hybridized carbons (Fsp3) is 0.333. The largest absolute Gasteiger partial charge is 0.306 e. The van der Waals surface area contributed by atoms with Gasteiger partial charge in [0.2, 0.25) is 0 Å². The molecule has 0 N–H and O–H groups in total. The highest BCUT2D eigenvalue weighted by Crippen LogP contribution is 2.26. The van der Waals surface area contributed by atoms with Crippen LogP contribution in [0, 0.1) is 0 Å². The van der Waals surface area contributed by atoms with Gasteiger partial charge in [-0.05, 0) is 25.5 Å². The highest BCUT2D eigenvalue weighted by atomic mass is 35.5. The fourth-order valence-electron chi connectivity index (χ4n) is 1.45. The van der Waals surface area contributed by atoms with Gasteiger partial charge in [-0.1, -0.05) is 41.6 Å². The molecule has 0 amide bonds. The number of halogens is 1. The van der Waals surface area contributed by atoms with Crippen LogP contribution in [0.5, 0.6) is 0 Å². The Bertz CT molecular complexity index is 496. The molecule has 0 aliphatic rings. The first-order valence-electron chi connectivity index (χ1n) is 5.44. The lowest BCUT2D eigenvalue weighted by molar-refractivity contribution is 0.549. The van der Waals surface area contributed by atoms with Gasteiger partial charge in [-0.2, -0.15) is 0 Å². The predicted molar refractivity (Wildman–Crippen MR) is 71.4 cm³/mol. The second kappa shape index (κ2) is 5.56. The summed E-state index contributed by atoms with van der Waals surface area (Å²) in [4.78, 5) is 0. The average molecular weight is 268 g/mol. The molecule has 0 aliphatic heterocycles. The van der Waals surface area contributed by atoms with Crippen molar-refractivity contribution in [3.63, 3.8) is 0 Å². The zero-order chi connectivity index (χ0) is 12.3. The van der Waals surface area contributed by atoms with E-state index in [1.807, 2.05) is 24.3 Å². The molecule has 1 aromatic heterocycles. The van der Waals surface area contributed by atoms with Crippen LogP contribution in [0.4, 0.5) is 0 Å². The van der Waals surface area contributed by atoms with Crippen molar-refractivity contribution in [2.45, 2.75) is 30.8 Å². The minimum absolute atomic E-state index is 0.374. The standard InChI is InChI=1S/C12H14ClN3S/c1-9(2)16-8-14-15-12(16)17-7-10-5-3-4-6-11(10)13/h3-6,8-9H,7H2,1-2H3. The fourth-order valence-corrected chi connectivity index (χ4v) is 2.78. The number of nitrogens with zero attached hydrogens (tertiary/aromatic N) is 3. The Hall–Kier alpha value is -1.00. The number of thioether (sulfide) groups is 1. The van der Waals surface area contributed by atoms with Gasteiger partial charge in [-0.15, -0.1) is 10.2 Å². The Morgan fingerprint density at radius 2 is 2.12 bits per heavy atom. The van der Waals surface area contributed by atoms with Gasteiger partial charge in [-0.3, -0.25) is 0 Å². The van der Waals surface area contributed by atoms with Crippen molar-refractivity contribution in [3.05, 3.63) is 41.2 Å². The molecule has 90 valence electrons. The molecule has 1 aromatic carbocycles. The summed E-state index contributed by atoms with van der Waals surface area (Å²) in [5.74, 6) is 0.811. The number of aromatic nitrogens is 3. The molecule has 5 heteroatoms. The van der Waals surface area contributed by atoms with Crippen molar-refractivity contribution in [2.24, 2.45) is 0 Å². The van der Waals surface area contributed by atoms with Gasteiger partial charge < -0.3 is 4.57 Å². The summed E-state index contributed by atoms with van der Waals surface area (Å²) in [6, 6.07) is 8.25. The molecule has 0 saturated heterocycles. The second-order valence-electron chi connectivity index (χ2n) is 3.99. The molecule has 0 bridgehead atoms. The molecule has 0 spiro atoms. The lowest BCUT2D eigenvalue weighted by Crippen LogP contribution is -2.00. The Morgan fingerprint density at radius 3 is 2.82 bits per heavy atom. The smallest absolute Gasteiger partial charge is 0.191 e. The van der Waals surface area contributed by atoms with Gasteiger partial charge in [0.25, 0.3) is 0 Å². The number of hydrogen-bond donors (Lipinski definition) is 0. The normalized spacial score (nSPS) is 11.1. The lowest BCUT2D eigenvalue weighted by Gasteiger charge is -2.09. The van der Waals surface area contributed by atoms with Gasteiger partial charge in [0.1, 0.15) is 6.33 Å². The van der Waals surface area contributed by atoms with Crippen molar-refractivity contribution in [2.75, 3.05) is 0 Å². The van der Waals surface area contributed by atoms with Crippen LogP contribution in [0.2, 0.25) is 5.02 Å². The third kappa shape index (κ3) is 3.01. The number of rotatable bonds is 4. The summed E-state index contributed by atoms with van der Waals surface area (Å²) in [7, 11) is 0. The molecule has 2 rings (SSSR count). The summed E-state index contributed by atoms with van der Waals surface area (Å²) >= 11 is 7.76. The Morgan fingerprint density at radius 1 is 1.35 bits per heavy atom. The molecular formula is C12H14ClN3S. The van der Waals surface area contributed by atoms with Crippen molar-refractivity contribution in [3.8, 4) is 0 Å². The van der Waals surface area contributed by atoms with E-state index in [1.165, 1.54) is 0 Å². The maximum Gasteiger partial charge on any atom is 0.191 e. The van der Waals surface area contributed by atoms with Crippen LogP contribution < -0.4 is 0 Å². The lowest BCUT2D eigenvalue weighted by atomic mass is 10.2. The highest BCUT2D eigenvalue weighted by Gasteiger charge is 2.08. The molecule has 0 unspecified atom stereocenters. The van der Waals surface area contributed by atoms with Crippen LogP contribution in [0.3, 0.4) is 0 Å². The van der Waals surface area contributed by atoms with E-state index in [4.69, 9.17) is 11.6 Å². The Balaban J connectivity index is 2.08. The van der Waals surface area contributed by atoms with Gasteiger partial charge in [0, 0.05) is 16.8 Å². The Kier molecular flexibility index (Phi) is 4.07. The van der Waals surface area contributed by atoms with E-state index in [0.717, 1.165) is 21.5 Å². The minimum Gasteiger partial charge on any atom is -0.306 e. The van der Waals surface area contributed by atoms with E-state index in [0.29, 0.717) is 6.04 Å². The van der Waals surface area contributed by atoms with Crippen LogP contribution in [-0.2, 0) is 5.75 Å². The van der Waals surface area contributed by atoms with Gasteiger partial charge >= 0.3 is 0 Å². The van der Waals surface area contributed by atoms with Crippen LogP contribution in [-0.4, -0.2) is 14.8 Å². The molecule has 0 fully saturated rings.